The van der Waals surface area contributed by atoms with E-state index in [1.807, 2.05) is 58.0 Å². The first-order chi connectivity index (χ1) is 18.8. The van der Waals surface area contributed by atoms with Gasteiger partial charge in [0.05, 0.1) is 41.1 Å². The van der Waals surface area contributed by atoms with E-state index in [9.17, 15) is 9.59 Å². The molecule has 2 heterocycles. The predicted octanol–water partition coefficient (Wildman–Crippen LogP) is 4.28. The average Bonchev–Trinajstić information content (AvgIpc) is 3.23. The van der Waals surface area contributed by atoms with Gasteiger partial charge in [-0.15, -0.1) is 0 Å². The highest BCUT2D eigenvalue weighted by atomic mass is 79.9. The lowest BCUT2D eigenvalue weighted by atomic mass is 9.93. The highest BCUT2D eigenvalue weighted by Gasteiger charge is 2.36. The van der Waals surface area contributed by atoms with E-state index in [0.29, 0.717) is 57.4 Å². The Morgan fingerprint density at radius 3 is 2.44 bits per heavy atom. The minimum atomic E-state index is -0.742. The van der Waals surface area contributed by atoms with E-state index in [0.717, 1.165) is 15.8 Å². The van der Waals surface area contributed by atoms with Crippen molar-refractivity contribution in [1.82, 2.24) is 9.47 Å². The van der Waals surface area contributed by atoms with Gasteiger partial charge >= 0.3 is 0 Å². The number of halogens is 1. The van der Waals surface area contributed by atoms with Crippen LogP contribution in [-0.4, -0.2) is 49.3 Å². The first-order valence-electron chi connectivity index (χ1n) is 12.7. The number of benzene rings is 2. The molecule has 0 bridgehead atoms. The van der Waals surface area contributed by atoms with Crippen molar-refractivity contribution in [3.63, 3.8) is 0 Å². The molecular formula is C29H32BrN3O5S. The van der Waals surface area contributed by atoms with Crippen LogP contribution in [-0.2, 0) is 4.79 Å². The third-order valence-electron chi connectivity index (χ3n) is 6.59. The van der Waals surface area contributed by atoms with Crippen LogP contribution in [0, 0.1) is 0 Å². The number of nitrogens with zero attached hydrogens (tertiary/aromatic N) is 3. The highest BCUT2D eigenvalue weighted by Crippen LogP contribution is 2.38. The molecule has 1 aliphatic heterocycles. The number of likely N-dealkylation sites (N-methyl/N-ethyl adjacent to an activating group) is 1. The zero-order chi connectivity index (χ0) is 28.3. The smallest absolute Gasteiger partial charge is 0.271 e. The second kappa shape index (κ2) is 12.2. The van der Waals surface area contributed by atoms with Gasteiger partial charge in [0.25, 0.3) is 11.5 Å². The molecule has 3 aromatic rings. The molecule has 2 aromatic carbocycles. The number of ether oxygens (including phenoxy) is 3. The fourth-order valence-corrected chi connectivity index (χ4v) is 6.21. The fourth-order valence-electron chi connectivity index (χ4n) is 4.65. The Kier molecular flexibility index (Phi) is 8.97. The van der Waals surface area contributed by atoms with Gasteiger partial charge < -0.3 is 19.1 Å². The Balaban J connectivity index is 1.98. The molecule has 39 heavy (non-hydrogen) atoms. The van der Waals surface area contributed by atoms with Crippen LogP contribution in [0.25, 0.3) is 6.08 Å². The molecule has 0 unspecified atom stereocenters. The Hall–Kier alpha value is -3.37. The Morgan fingerprint density at radius 2 is 1.82 bits per heavy atom. The van der Waals surface area contributed by atoms with Gasteiger partial charge in [-0.25, -0.2) is 4.99 Å². The van der Waals surface area contributed by atoms with Crippen molar-refractivity contribution in [3.8, 4) is 17.2 Å². The zero-order valence-corrected chi connectivity index (χ0v) is 25.3. The SMILES string of the molecule is CCOc1ccc(/C=c2/sc3n(c2=O)[C@@H](c2cc(OC)ccc2OC)C(C(=O)N(CC)CC)=C(C)N=3)cc1Br. The van der Waals surface area contributed by atoms with Crippen LogP contribution >= 0.6 is 27.3 Å². The number of aromatic nitrogens is 1. The molecule has 1 aromatic heterocycles. The van der Waals surface area contributed by atoms with E-state index in [4.69, 9.17) is 19.2 Å². The molecule has 8 nitrogen and oxygen atoms in total. The number of fused-ring (bicyclic) bond motifs is 1. The maximum atomic E-state index is 14.0. The van der Waals surface area contributed by atoms with Crippen LogP contribution in [0.4, 0.5) is 0 Å². The number of carbonyl (C=O) groups is 1. The molecule has 206 valence electrons. The minimum absolute atomic E-state index is 0.166. The van der Waals surface area contributed by atoms with Crippen molar-refractivity contribution in [2.75, 3.05) is 33.9 Å². The van der Waals surface area contributed by atoms with Crippen LogP contribution in [0.15, 0.2) is 61.9 Å². The van der Waals surface area contributed by atoms with Gasteiger partial charge in [0.15, 0.2) is 4.80 Å². The zero-order valence-electron chi connectivity index (χ0n) is 22.9. The lowest BCUT2D eigenvalue weighted by Gasteiger charge is -2.30. The molecule has 4 rings (SSSR count). The number of rotatable bonds is 9. The van der Waals surface area contributed by atoms with Crippen LogP contribution in [0.3, 0.4) is 0 Å². The van der Waals surface area contributed by atoms with Gasteiger partial charge in [-0.3, -0.25) is 14.2 Å². The van der Waals surface area contributed by atoms with E-state index in [1.165, 1.54) is 11.3 Å². The highest BCUT2D eigenvalue weighted by molar-refractivity contribution is 9.10. The van der Waals surface area contributed by atoms with Crippen LogP contribution in [0.1, 0.15) is 44.9 Å². The molecule has 0 saturated heterocycles. The summed E-state index contributed by atoms with van der Waals surface area (Å²) in [4.78, 5) is 34.9. The maximum Gasteiger partial charge on any atom is 0.271 e. The topological polar surface area (TPSA) is 82.4 Å². The van der Waals surface area contributed by atoms with Crippen LogP contribution < -0.4 is 29.1 Å². The molecule has 1 atom stereocenters. The number of allylic oxidation sites excluding steroid dienone is 1. The normalized spacial score (nSPS) is 15.1. The quantitative estimate of drug-likeness (QED) is 0.360. The Morgan fingerprint density at radius 1 is 1.10 bits per heavy atom. The Labute approximate surface area is 240 Å². The first-order valence-corrected chi connectivity index (χ1v) is 14.3. The number of carbonyl (C=O) groups excluding carboxylic acids is 1. The monoisotopic (exact) mass is 613 g/mol. The van der Waals surface area contributed by atoms with E-state index < -0.39 is 6.04 Å². The van der Waals surface area contributed by atoms with Crippen molar-refractivity contribution >= 4 is 39.2 Å². The molecular weight excluding hydrogens is 582 g/mol. The van der Waals surface area contributed by atoms with Crippen LogP contribution in [0.2, 0.25) is 0 Å². The summed E-state index contributed by atoms with van der Waals surface area (Å²) in [6, 6.07) is 10.3. The molecule has 1 amide bonds. The van der Waals surface area contributed by atoms with E-state index in [-0.39, 0.29) is 11.5 Å². The molecule has 0 aliphatic carbocycles. The van der Waals surface area contributed by atoms with Crippen molar-refractivity contribution in [2.24, 2.45) is 4.99 Å². The maximum absolute atomic E-state index is 14.0. The Bertz CT molecular complexity index is 1600. The molecule has 0 spiro atoms. The van der Waals surface area contributed by atoms with Crippen LogP contribution in [0.5, 0.6) is 17.2 Å². The van der Waals surface area contributed by atoms with Gasteiger partial charge in [-0.05, 0) is 85.6 Å². The van der Waals surface area contributed by atoms with Crippen molar-refractivity contribution in [2.45, 2.75) is 33.7 Å². The number of thiazole rings is 1. The van der Waals surface area contributed by atoms with E-state index in [2.05, 4.69) is 15.9 Å². The standard InChI is InChI=1S/C29H32BrN3O5S/c1-7-32(8-2)28(35)25-17(4)31-29-33(26(25)20-16-19(36-5)11-13-22(20)37-6)27(34)24(39-29)15-18-10-12-23(38-9-3)21(30)14-18/h10-16,26H,7-9H2,1-6H3/b24-15+/t26-/m0/s1. The van der Waals surface area contributed by atoms with E-state index in [1.54, 1.807) is 35.8 Å². The summed E-state index contributed by atoms with van der Waals surface area (Å²) in [5, 5.41) is 0. The number of hydrogen-bond donors (Lipinski definition) is 0. The fraction of sp³-hybridized carbons (Fsp3) is 0.345. The van der Waals surface area contributed by atoms with Crippen molar-refractivity contribution in [1.29, 1.82) is 0 Å². The summed E-state index contributed by atoms with van der Waals surface area (Å²) < 4.78 is 19.7. The lowest BCUT2D eigenvalue weighted by molar-refractivity contribution is -0.127. The molecule has 0 fully saturated rings. The number of hydrogen-bond acceptors (Lipinski definition) is 7. The minimum Gasteiger partial charge on any atom is -0.497 e. The van der Waals surface area contributed by atoms with Crippen molar-refractivity contribution in [3.05, 3.63) is 83.0 Å². The molecule has 10 heteroatoms. The average molecular weight is 615 g/mol. The largest absolute Gasteiger partial charge is 0.497 e. The van der Waals surface area contributed by atoms with Crippen molar-refractivity contribution < 1.29 is 19.0 Å². The third-order valence-corrected chi connectivity index (χ3v) is 8.19. The van der Waals surface area contributed by atoms with Gasteiger partial charge in [-0.2, -0.15) is 0 Å². The van der Waals surface area contributed by atoms with Gasteiger partial charge in [0.1, 0.15) is 23.3 Å². The number of amides is 1. The summed E-state index contributed by atoms with van der Waals surface area (Å²) in [5.74, 6) is 1.71. The summed E-state index contributed by atoms with van der Waals surface area (Å²) in [6.07, 6.45) is 1.83. The molecule has 0 saturated carbocycles. The second-order valence-electron chi connectivity index (χ2n) is 8.79. The van der Waals surface area contributed by atoms with E-state index >= 15 is 0 Å². The third kappa shape index (κ3) is 5.53. The van der Waals surface area contributed by atoms with Gasteiger partial charge in [-0.1, -0.05) is 17.4 Å². The summed E-state index contributed by atoms with van der Waals surface area (Å²) >= 11 is 4.83. The van der Waals surface area contributed by atoms with Gasteiger partial charge in [0, 0.05) is 18.7 Å². The first kappa shape index (κ1) is 28.6. The molecule has 0 radical (unpaired) electrons. The molecule has 1 aliphatic rings. The summed E-state index contributed by atoms with van der Waals surface area (Å²) in [7, 11) is 3.15. The lowest BCUT2D eigenvalue weighted by Crippen LogP contribution is -2.43. The number of methoxy groups -OCH3 is 2. The molecule has 0 N–H and O–H groups in total. The van der Waals surface area contributed by atoms with Gasteiger partial charge in [0.2, 0.25) is 0 Å². The summed E-state index contributed by atoms with van der Waals surface area (Å²) in [5.41, 5.74) is 2.25. The predicted molar refractivity (Wildman–Crippen MR) is 157 cm³/mol. The second-order valence-corrected chi connectivity index (χ2v) is 10.7. The summed E-state index contributed by atoms with van der Waals surface area (Å²) in [6.45, 7) is 9.23.